The van der Waals surface area contributed by atoms with Gasteiger partial charge in [-0.3, -0.25) is 4.79 Å². The molecule has 0 spiro atoms. The molecule has 2 atom stereocenters. The lowest BCUT2D eigenvalue weighted by molar-refractivity contribution is -0.121. The van der Waals surface area contributed by atoms with Crippen molar-refractivity contribution in [3.63, 3.8) is 0 Å². The van der Waals surface area contributed by atoms with E-state index < -0.39 is 0 Å². The Morgan fingerprint density at radius 2 is 2.43 bits per heavy atom. The molecule has 1 saturated heterocycles. The van der Waals surface area contributed by atoms with Gasteiger partial charge in [-0.2, -0.15) is 0 Å². The van der Waals surface area contributed by atoms with E-state index in [0.717, 1.165) is 12.1 Å². The minimum atomic E-state index is -0.0408. The number of fused-ring (bicyclic) bond motifs is 1. The van der Waals surface area contributed by atoms with Crippen molar-refractivity contribution in [3.05, 3.63) is 47.2 Å². The van der Waals surface area contributed by atoms with Gasteiger partial charge < -0.3 is 15.3 Å². The van der Waals surface area contributed by atoms with Crippen molar-refractivity contribution in [1.29, 1.82) is 0 Å². The average molecular weight is 309 g/mol. The third-order valence-corrected chi connectivity index (χ3v) is 4.22. The van der Waals surface area contributed by atoms with Crippen LogP contribution in [0.5, 0.6) is 0 Å². The number of nitrogens with one attached hydrogen (secondary N) is 1. The molecule has 0 aromatic rings. The monoisotopic (exact) mass is 308 g/mol. The second-order valence-corrected chi connectivity index (χ2v) is 5.65. The Balaban J connectivity index is 2.22. The quantitative estimate of drug-likeness (QED) is 0.763. The molecule has 0 aliphatic carbocycles. The average Bonchev–Trinajstić information content (AvgIpc) is 2.93. The lowest BCUT2D eigenvalue weighted by Crippen LogP contribution is -2.51. The van der Waals surface area contributed by atoms with Crippen molar-refractivity contribution in [2.75, 3.05) is 19.7 Å². The predicted molar refractivity (Wildman–Crippen MR) is 84.7 cm³/mol. The summed E-state index contributed by atoms with van der Waals surface area (Å²) in [5.74, 6) is 0.0877. The van der Waals surface area contributed by atoms with E-state index in [2.05, 4.69) is 16.8 Å². The Morgan fingerprint density at radius 3 is 3.05 bits per heavy atom. The van der Waals surface area contributed by atoms with Crippen LogP contribution < -0.4 is 5.32 Å². The summed E-state index contributed by atoms with van der Waals surface area (Å²) in [6, 6.07) is 0.154. The van der Waals surface area contributed by atoms with Gasteiger partial charge in [-0.05, 0) is 31.1 Å². The van der Waals surface area contributed by atoms with E-state index in [4.69, 9.17) is 16.7 Å². The summed E-state index contributed by atoms with van der Waals surface area (Å²) in [7, 11) is 0. The number of allylic oxidation sites excluding steroid dienone is 4. The maximum Gasteiger partial charge on any atom is 0.267 e. The minimum Gasteiger partial charge on any atom is -0.396 e. The first kappa shape index (κ1) is 15.9. The third kappa shape index (κ3) is 3.39. The van der Waals surface area contributed by atoms with Gasteiger partial charge in [0.15, 0.2) is 0 Å². The molecule has 4 nitrogen and oxygen atoms in total. The molecule has 21 heavy (non-hydrogen) atoms. The summed E-state index contributed by atoms with van der Waals surface area (Å²) in [4.78, 5) is 14.1. The van der Waals surface area contributed by atoms with Crippen LogP contribution in [0.1, 0.15) is 13.3 Å². The molecule has 2 rings (SSSR count). The zero-order valence-electron chi connectivity index (χ0n) is 12.2. The Hall–Kier alpha value is -1.52. The van der Waals surface area contributed by atoms with Crippen LogP contribution in [0.15, 0.2) is 47.2 Å². The fourth-order valence-corrected chi connectivity index (χ4v) is 2.97. The summed E-state index contributed by atoms with van der Waals surface area (Å²) in [5, 5.41) is 12.6. The summed E-state index contributed by atoms with van der Waals surface area (Å²) < 4.78 is 0. The molecule has 1 fully saturated rings. The first-order valence-corrected chi connectivity index (χ1v) is 7.51. The Bertz CT molecular complexity index is 522. The highest BCUT2D eigenvalue weighted by molar-refractivity contribution is 6.31. The number of hydrogen-bond acceptors (Lipinski definition) is 3. The molecule has 0 saturated carbocycles. The SMILES string of the molecule is C=CC(Cl)=CC(=CC)C1C=C2C(=O)NCC(CCO)N2C1. The number of piperazine rings is 1. The van der Waals surface area contributed by atoms with Crippen LogP contribution in [0, 0.1) is 5.92 Å². The van der Waals surface area contributed by atoms with Crippen molar-refractivity contribution in [2.24, 2.45) is 5.92 Å². The van der Waals surface area contributed by atoms with Crippen molar-refractivity contribution in [2.45, 2.75) is 19.4 Å². The molecular weight excluding hydrogens is 288 g/mol. The van der Waals surface area contributed by atoms with E-state index in [0.29, 0.717) is 23.7 Å². The number of aliphatic hydroxyl groups excluding tert-OH is 1. The molecule has 0 aromatic heterocycles. The maximum absolute atomic E-state index is 12.0. The Morgan fingerprint density at radius 1 is 1.67 bits per heavy atom. The number of carbonyl (C=O) groups is 1. The van der Waals surface area contributed by atoms with E-state index >= 15 is 0 Å². The molecule has 2 aliphatic heterocycles. The van der Waals surface area contributed by atoms with Crippen molar-refractivity contribution in [3.8, 4) is 0 Å². The third-order valence-electron chi connectivity index (χ3n) is 3.96. The molecule has 5 heteroatoms. The topological polar surface area (TPSA) is 52.6 Å². The number of aliphatic hydroxyl groups is 1. The van der Waals surface area contributed by atoms with Crippen LogP contribution in [-0.4, -0.2) is 41.7 Å². The van der Waals surface area contributed by atoms with Gasteiger partial charge in [0.2, 0.25) is 0 Å². The van der Waals surface area contributed by atoms with Crippen molar-refractivity contribution in [1.82, 2.24) is 10.2 Å². The maximum atomic E-state index is 12.0. The van der Waals surface area contributed by atoms with E-state index in [-0.39, 0.29) is 24.5 Å². The zero-order chi connectivity index (χ0) is 15.4. The van der Waals surface area contributed by atoms with Crippen LogP contribution >= 0.6 is 11.6 Å². The molecule has 2 N–H and O–H groups in total. The standard InChI is InChI=1S/C16H21ClN2O2/c1-3-11(7-13(17)4-2)12-8-15-16(21)18-9-14(5-6-20)19(15)10-12/h3-4,7-8,12,14,20H,2,5-6,9-10H2,1H3,(H,18,21). The van der Waals surface area contributed by atoms with Crippen LogP contribution in [0.4, 0.5) is 0 Å². The molecule has 2 aliphatic rings. The van der Waals surface area contributed by atoms with Gasteiger partial charge in [0, 0.05) is 36.7 Å². The second kappa shape index (κ2) is 6.96. The van der Waals surface area contributed by atoms with E-state index in [9.17, 15) is 4.79 Å². The van der Waals surface area contributed by atoms with Gasteiger partial charge in [-0.15, -0.1) is 0 Å². The first-order valence-electron chi connectivity index (χ1n) is 7.14. The highest BCUT2D eigenvalue weighted by Crippen LogP contribution is 2.31. The fraction of sp³-hybridized carbons (Fsp3) is 0.438. The lowest BCUT2D eigenvalue weighted by atomic mass is 9.99. The predicted octanol–water partition coefficient (Wildman–Crippen LogP) is 1.94. The smallest absolute Gasteiger partial charge is 0.267 e. The Kier molecular flexibility index (Phi) is 5.26. The number of amides is 1. The van der Waals surface area contributed by atoms with E-state index in [1.165, 1.54) is 0 Å². The molecule has 1 amide bonds. The largest absolute Gasteiger partial charge is 0.396 e. The van der Waals surface area contributed by atoms with Gasteiger partial charge in [-0.25, -0.2) is 0 Å². The number of nitrogens with zero attached hydrogens (tertiary/aromatic N) is 1. The highest BCUT2D eigenvalue weighted by Gasteiger charge is 2.36. The molecule has 0 bridgehead atoms. The van der Waals surface area contributed by atoms with Gasteiger partial charge in [0.05, 0.1) is 5.70 Å². The van der Waals surface area contributed by atoms with Crippen molar-refractivity contribution >= 4 is 17.5 Å². The fourth-order valence-electron chi connectivity index (χ4n) is 2.84. The van der Waals surface area contributed by atoms with E-state index in [1.807, 2.05) is 25.2 Å². The molecular formula is C16H21ClN2O2. The zero-order valence-corrected chi connectivity index (χ0v) is 12.9. The van der Waals surface area contributed by atoms with Crippen LogP contribution in [0.25, 0.3) is 0 Å². The summed E-state index contributed by atoms with van der Waals surface area (Å²) in [5.41, 5.74) is 1.77. The summed E-state index contributed by atoms with van der Waals surface area (Å²) in [6.07, 6.45) is 8.12. The number of carbonyl (C=O) groups excluding carboxylic acids is 1. The summed E-state index contributed by atoms with van der Waals surface area (Å²) >= 11 is 6.03. The molecule has 114 valence electrons. The molecule has 0 radical (unpaired) electrons. The Labute approximate surface area is 130 Å². The first-order chi connectivity index (χ1) is 10.1. The molecule has 2 heterocycles. The molecule has 0 aromatic carbocycles. The van der Waals surface area contributed by atoms with Gasteiger partial charge >= 0.3 is 0 Å². The number of halogens is 1. The highest BCUT2D eigenvalue weighted by atomic mass is 35.5. The number of rotatable bonds is 5. The van der Waals surface area contributed by atoms with E-state index in [1.54, 1.807) is 6.08 Å². The molecule has 2 unspecified atom stereocenters. The second-order valence-electron chi connectivity index (χ2n) is 5.21. The van der Waals surface area contributed by atoms with Crippen LogP contribution in [-0.2, 0) is 4.79 Å². The minimum absolute atomic E-state index is 0.0408. The van der Waals surface area contributed by atoms with Gasteiger partial charge in [0.25, 0.3) is 5.91 Å². The summed E-state index contributed by atoms with van der Waals surface area (Å²) in [6.45, 7) is 7.05. The van der Waals surface area contributed by atoms with Gasteiger partial charge in [0.1, 0.15) is 0 Å². The van der Waals surface area contributed by atoms with Gasteiger partial charge in [-0.1, -0.05) is 30.3 Å². The number of hydrogen-bond donors (Lipinski definition) is 2. The van der Waals surface area contributed by atoms with Crippen LogP contribution in [0.3, 0.4) is 0 Å². The lowest BCUT2D eigenvalue weighted by Gasteiger charge is -2.36. The van der Waals surface area contributed by atoms with Crippen molar-refractivity contribution < 1.29 is 9.90 Å². The normalized spacial score (nSPS) is 26.3. The van der Waals surface area contributed by atoms with Crippen LogP contribution in [0.2, 0.25) is 0 Å².